The van der Waals surface area contributed by atoms with Crippen LogP contribution in [0, 0.1) is 6.92 Å². The number of ether oxygens (including phenoxy) is 1. The van der Waals surface area contributed by atoms with Gasteiger partial charge in [-0.1, -0.05) is 48.0 Å². The molecule has 0 atom stereocenters. The molecule has 2 amide bonds. The van der Waals surface area contributed by atoms with E-state index in [-0.39, 0.29) is 18.4 Å². The summed E-state index contributed by atoms with van der Waals surface area (Å²) in [6.07, 6.45) is 0.773. The van der Waals surface area contributed by atoms with Crippen molar-refractivity contribution in [2.45, 2.75) is 13.3 Å². The van der Waals surface area contributed by atoms with Gasteiger partial charge in [0.1, 0.15) is 5.75 Å². The predicted octanol–water partition coefficient (Wildman–Crippen LogP) is 4.64. The molecule has 154 valence electrons. The van der Waals surface area contributed by atoms with Gasteiger partial charge in [0.05, 0.1) is 0 Å². The van der Waals surface area contributed by atoms with E-state index in [4.69, 9.17) is 16.3 Å². The highest BCUT2D eigenvalue weighted by Gasteiger charge is 2.08. The first kappa shape index (κ1) is 21.4. The van der Waals surface area contributed by atoms with Crippen molar-refractivity contribution in [2.75, 3.05) is 18.5 Å². The number of rotatable bonds is 8. The smallest absolute Gasteiger partial charge is 0.262 e. The fourth-order valence-corrected chi connectivity index (χ4v) is 2.97. The van der Waals surface area contributed by atoms with Crippen molar-refractivity contribution in [2.24, 2.45) is 0 Å². The standard InChI is InChI=1S/C24H23ClN2O3/c1-17-7-10-20(15-22(17)25)27-23(28)16-30-21-11-8-19(9-12-21)24(29)26-14-13-18-5-3-2-4-6-18/h2-12,15H,13-14,16H2,1H3,(H,26,29)(H,27,28). The van der Waals surface area contributed by atoms with E-state index >= 15 is 0 Å². The van der Waals surface area contributed by atoms with Gasteiger partial charge < -0.3 is 15.4 Å². The summed E-state index contributed by atoms with van der Waals surface area (Å²) in [4.78, 5) is 24.3. The van der Waals surface area contributed by atoms with Gasteiger partial charge in [-0.05, 0) is 60.9 Å². The number of hydrogen-bond donors (Lipinski definition) is 2. The van der Waals surface area contributed by atoms with Crippen molar-refractivity contribution >= 4 is 29.1 Å². The lowest BCUT2D eigenvalue weighted by Crippen LogP contribution is -2.25. The van der Waals surface area contributed by atoms with E-state index in [2.05, 4.69) is 10.6 Å². The molecule has 3 aromatic carbocycles. The lowest BCUT2D eigenvalue weighted by atomic mass is 10.1. The summed E-state index contributed by atoms with van der Waals surface area (Å²) in [5.74, 6) is 0.0667. The Morgan fingerprint density at radius 1 is 0.967 bits per heavy atom. The Bertz CT molecular complexity index is 1000. The van der Waals surface area contributed by atoms with Crippen molar-refractivity contribution in [3.8, 4) is 5.75 Å². The molecule has 0 aliphatic carbocycles. The van der Waals surface area contributed by atoms with Crippen LogP contribution in [0.2, 0.25) is 5.02 Å². The molecular formula is C24H23ClN2O3. The third-order valence-electron chi connectivity index (χ3n) is 4.48. The van der Waals surface area contributed by atoms with Gasteiger partial charge in [0.15, 0.2) is 6.61 Å². The molecule has 0 spiro atoms. The number of hydrogen-bond acceptors (Lipinski definition) is 3. The minimum absolute atomic E-state index is 0.145. The lowest BCUT2D eigenvalue weighted by molar-refractivity contribution is -0.118. The lowest BCUT2D eigenvalue weighted by Gasteiger charge is -2.09. The third-order valence-corrected chi connectivity index (χ3v) is 4.89. The molecule has 6 heteroatoms. The molecule has 30 heavy (non-hydrogen) atoms. The Labute approximate surface area is 181 Å². The summed E-state index contributed by atoms with van der Waals surface area (Å²) in [6.45, 7) is 2.31. The zero-order valence-electron chi connectivity index (χ0n) is 16.7. The molecule has 0 bridgehead atoms. The van der Waals surface area contributed by atoms with Gasteiger partial charge in [-0.25, -0.2) is 0 Å². The van der Waals surface area contributed by atoms with Crippen LogP contribution >= 0.6 is 11.6 Å². The number of carbonyl (C=O) groups excluding carboxylic acids is 2. The summed E-state index contributed by atoms with van der Waals surface area (Å²) >= 11 is 6.06. The van der Waals surface area contributed by atoms with Crippen LogP contribution in [0.25, 0.3) is 0 Å². The summed E-state index contributed by atoms with van der Waals surface area (Å²) < 4.78 is 5.49. The fourth-order valence-electron chi connectivity index (χ4n) is 2.79. The highest BCUT2D eigenvalue weighted by Crippen LogP contribution is 2.20. The molecule has 0 saturated carbocycles. The van der Waals surface area contributed by atoms with Crippen LogP contribution in [0.1, 0.15) is 21.5 Å². The summed E-state index contributed by atoms with van der Waals surface area (Å²) in [5.41, 5.74) is 3.26. The van der Waals surface area contributed by atoms with Crippen LogP contribution in [0.4, 0.5) is 5.69 Å². The van der Waals surface area contributed by atoms with Crippen molar-refractivity contribution in [3.63, 3.8) is 0 Å². The van der Waals surface area contributed by atoms with E-state index in [0.29, 0.717) is 28.6 Å². The molecule has 0 aliphatic heterocycles. The SMILES string of the molecule is Cc1ccc(NC(=O)COc2ccc(C(=O)NCCc3ccccc3)cc2)cc1Cl. The monoisotopic (exact) mass is 422 g/mol. The van der Waals surface area contributed by atoms with Crippen molar-refractivity contribution in [3.05, 3.63) is 94.5 Å². The largest absolute Gasteiger partial charge is 0.484 e. The number of benzene rings is 3. The van der Waals surface area contributed by atoms with Crippen molar-refractivity contribution < 1.29 is 14.3 Å². The first-order valence-electron chi connectivity index (χ1n) is 9.62. The van der Waals surface area contributed by atoms with Gasteiger partial charge in [0.25, 0.3) is 11.8 Å². The maximum Gasteiger partial charge on any atom is 0.262 e. The predicted molar refractivity (Wildman–Crippen MR) is 119 cm³/mol. The molecule has 3 rings (SSSR count). The second-order valence-corrected chi connectivity index (χ2v) is 7.22. The van der Waals surface area contributed by atoms with Gasteiger partial charge in [-0.2, -0.15) is 0 Å². The summed E-state index contributed by atoms with van der Waals surface area (Å²) in [7, 11) is 0. The van der Waals surface area contributed by atoms with Crippen LogP contribution in [-0.4, -0.2) is 25.0 Å². The van der Waals surface area contributed by atoms with Gasteiger partial charge in [0.2, 0.25) is 0 Å². The van der Waals surface area contributed by atoms with E-state index in [9.17, 15) is 9.59 Å². The Morgan fingerprint density at radius 2 is 1.70 bits per heavy atom. The molecule has 0 aliphatic rings. The van der Waals surface area contributed by atoms with E-state index < -0.39 is 0 Å². The molecular weight excluding hydrogens is 400 g/mol. The Kier molecular flexibility index (Phi) is 7.46. The van der Waals surface area contributed by atoms with Crippen LogP contribution in [-0.2, 0) is 11.2 Å². The molecule has 0 aromatic heterocycles. The number of nitrogens with one attached hydrogen (secondary N) is 2. The van der Waals surface area contributed by atoms with Crippen molar-refractivity contribution in [1.82, 2.24) is 5.32 Å². The average molecular weight is 423 g/mol. The second-order valence-electron chi connectivity index (χ2n) is 6.82. The Hall–Kier alpha value is -3.31. The van der Waals surface area contributed by atoms with Gasteiger partial charge >= 0.3 is 0 Å². The molecule has 0 saturated heterocycles. The highest BCUT2D eigenvalue weighted by atomic mass is 35.5. The first-order valence-corrected chi connectivity index (χ1v) is 10.00. The molecule has 3 aromatic rings. The van der Waals surface area contributed by atoms with Gasteiger partial charge in [-0.15, -0.1) is 0 Å². The molecule has 0 fully saturated rings. The number of aryl methyl sites for hydroxylation is 1. The number of carbonyl (C=O) groups is 2. The maximum atomic E-state index is 12.2. The average Bonchev–Trinajstić information content (AvgIpc) is 2.76. The van der Waals surface area contributed by atoms with Gasteiger partial charge in [-0.3, -0.25) is 9.59 Å². The zero-order chi connectivity index (χ0) is 21.3. The number of amides is 2. The molecule has 0 radical (unpaired) electrons. The molecule has 5 nitrogen and oxygen atoms in total. The maximum absolute atomic E-state index is 12.2. The van der Waals surface area contributed by atoms with E-state index in [1.807, 2.05) is 43.3 Å². The van der Waals surface area contributed by atoms with Crippen molar-refractivity contribution in [1.29, 1.82) is 0 Å². The minimum atomic E-state index is -0.294. The minimum Gasteiger partial charge on any atom is -0.484 e. The molecule has 2 N–H and O–H groups in total. The normalized spacial score (nSPS) is 10.3. The number of anilines is 1. The van der Waals surface area contributed by atoms with E-state index in [0.717, 1.165) is 12.0 Å². The van der Waals surface area contributed by atoms with Crippen LogP contribution in [0.15, 0.2) is 72.8 Å². The van der Waals surface area contributed by atoms with E-state index in [1.165, 1.54) is 5.56 Å². The Morgan fingerprint density at radius 3 is 2.40 bits per heavy atom. The molecule has 0 unspecified atom stereocenters. The first-order chi connectivity index (χ1) is 14.5. The van der Waals surface area contributed by atoms with E-state index in [1.54, 1.807) is 36.4 Å². The van der Waals surface area contributed by atoms with Gasteiger partial charge in [0, 0.05) is 22.8 Å². The summed E-state index contributed by atoms with van der Waals surface area (Å²) in [5, 5.41) is 6.22. The van der Waals surface area contributed by atoms with Crippen LogP contribution in [0.3, 0.4) is 0 Å². The highest BCUT2D eigenvalue weighted by molar-refractivity contribution is 6.31. The van der Waals surface area contributed by atoms with Crippen LogP contribution in [0.5, 0.6) is 5.75 Å². The Balaban J connectivity index is 1.43. The third kappa shape index (κ3) is 6.36. The van der Waals surface area contributed by atoms with Crippen LogP contribution < -0.4 is 15.4 Å². The molecule has 0 heterocycles. The topological polar surface area (TPSA) is 67.4 Å². The summed E-state index contributed by atoms with van der Waals surface area (Å²) in [6, 6.07) is 22.0. The number of halogens is 1. The second kappa shape index (κ2) is 10.5. The fraction of sp³-hybridized carbons (Fsp3) is 0.167. The quantitative estimate of drug-likeness (QED) is 0.555. The zero-order valence-corrected chi connectivity index (χ0v) is 17.4.